The molecule has 2 rings (SSSR count). The fourth-order valence-corrected chi connectivity index (χ4v) is 2.33. The maximum Gasteiger partial charge on any atom is 0.115 e. The summed E-state index contributed by atoms with van der Waals surface area (Å²) in [4.78, 5) is 4.44. The Hall–Kier alpha value is -1.86. The summed E-state index contributed by atoms with van der Waals surface area (Å²) < 4.78 is 0. The summed E-state index contributed by atoms with van der Waals surface area (Å²) in [6.07, 6.45) is 0. The molecule has 86 valence electrons. The van der Waals surface area contributed by atoms with E-state index in [2.05, 4.69) is 23.3 Å². The molecule has 0 radical (unpaired) electrons. The lowest BCUT2D eigenvalue weighted by Gasteiger charge is -2.12. The Morgan fingerprint density at radius 2 is 2.06 bits per heavy atom. The molecule has 3 nitrogen and oxygen atoms in total. The summed E-state index contributed by atoms with van der Waals surface area (Å²) in [6.45, 7) is 4.07. The number of rotatable bonds is 3. The zero-order valence-corrected chi connectivity index (χ0v) is 10.6. The number of aryl methyl sites for hydroxylation is 1. The van der Waals surface area contributed by atoms with Gasteiger partial charge in [-0.15, -0.1) is 11.3 Å². The van der Waals surface area contributed by atoms with Gasteiger partial charge < -0.3 is 5.32 Å². The smallest absolute Gasteiger partial charge is 0.115 e. The van der Waals surface area contributed by atoms with Crippen LogP contribution in [-0.4, -0.2) is 4.98 Å². The van der Waals surface area contributed by atoms with E-state index in [-0.39, 0.29) is 6.04 Å². The van der Waals surface area contributed by atoms with Crippen LogP contribution < -0.4 is 5.32 Å². The molecule has 0 bridgehead atoms. The highest BCUT2D eigenvalue weighted by Gasteiger charge is 2.08. The van der Waals surface area contributed by atoms with Crippen LogP contribution in [0.4, 0.5) is 5.69 Å². The zero-order chi connectivity index (χ0) is 12.3. The van der Waals surface area contributed by atoms with Crippen LogP contribution in [0.5, 0.6) is 0 Å². The topological polar surface area (TPSA) is 48.7 Å². The van der Waals surface area contributed by atoms with Gasteiger partial charge in [-0.05, 0) is 38.1 Å². The first-order chi connectivity index (χ1) is 8.19. The van der Waals surface area contributed by atoms with Crippen LogP contribution in [0.1, 0.15) is 29.2 Å². The lowest BCUT2D eigenvalue weighted by Crippen LogP contribution is -2.06. The molecule has 0 aliphatic rings. The molecule has 0 amide bonds. The van der Waals surface area contributed by atoms with Gasteiger partial charge in [0, 0.05) is 16.8 Å². The predicted molar refractivity (Wildman–Crippen MR) is 70.0 cm³/mol. The molecule has 0 spiro atoms. The lowest BCUT2D eigenvalue weighted by atomic mass is 10.2. The van der Waals surface area contributed by atoms with Gasteiger partial charge in [0.2, 0.25) is 0 Å². The third-order valence-electron chi connectivity index (χ3n) is 2.40. The fourth-order valence-electron chi connectivity index (χ4n) is 1.52. The van der Waals surface area contributed by atoms with Crippen molar-refractivity contribution >= 4 is 17.0 Å². The minimum Gasteiger partial charge on any atom is -0.376 e. The molecule has 4 heteroatoms. The van der Waals surface area contributed by atoms with Crippen molar-refractivity contribution in [3.05, 3.63) is 45.9 Å². The van der Waals surface area contributed by atoms with Gasteiger partial charge in [-0.1, -0.05) is 0 Å². The average molecular weight is 243 g/mol. The monoisotopic (exact) mass is 243 g/mol. The van der Waals surface area contributed by atoms with Gasteiger partial charge in [0.25, 0.3) is 0 Å². The van der Waals surface area contributed by atoms with Crippen LogP contribution >= 0.6 is 11.3 Å². The van der Waals surface area contributed by atoms with E-state index in [1.807, 2.05) is 36.6 Å². The van der Waals surface area contributed by atoms with Gasteiger partial charge in [-0.3, -0.25) is 0 Å². The number of hydrogen-bond donors (Lipinski definition) is 1. The average Bonchev–Trinajstić information content (AvgIpc) is 2.77. The van der Waals surface area contributed by atoms with Crippen LogP contribution in [0.15, 0.2) is 29.6 Å². The third-order valence-corrected chi connectivity index (χ3v) is 3.55. The standard InChI is InChI=1S/C13H13N3S/c1-9-8-17-13(15-9)10(2)16-12-5-3-11(7-14)4-6-12/h3-6,8,10,16H,1-2H3. The highest BCUT2D eigenvalue weighted by Crippen LogP contribution is 2.22. The van der Waals surface area contributed by atoms with Crippen LogP contribution in [0.3, 0.4) is 0 Å². The van der Waals surface area contributed by atoms with Crippen molar-refractivity contribution in [3.63, 3.8) is 0 Å². The van der Waals surface area contributed by atoms with E-state index in [1.165, 1.54) is 0 Å². The second-order valence-electron chi connectivity index (χ2n) is 3.88. The Bertz CT molecular complexity index is 537. The number of nitrogens with zero attached hydrogens (tertiary/aromatic N) is 2. The molecule has 0 aliphatic carbocycles. The molecule has 1 heterocycles. The summed E-state index contributed by atoms with van der Waals surface area (Å²) in [7, 11) is 0. The highest BCUT2D eigenvalue weighted by molar-refractivity contribution is 7.09. The van der Waals surface area contributed by atoms with Crippen molar-refractivity contribution in [2.75, 3.05) is 5.32 Å². The number of hydrogen-bond acceptors (Lipinski definition) is 4. The van der Waals surface area contributed by atoms with Crippen molar-refractivity contribution in [2.45, 2.75) is 19.9 Å². The van der Waals surface area contributed by atoms with Gasteiger partial charge in [0.05, 0.1) is 17.7 Å². The Morgan fingerprint density at radius 3 is 2.59 bits per heavy atom. The molecule has 0 saturated heterocycles. The molecule has 1 unspecified atom stereocenters. The SMILES string of the molecule is Cc1csc(C(C)Nc2ccc(C#N)cc2)n1. The molecular weight excluding hydrogens is 230 g/mol. The predicted octanol–water partition coefficient (Wildman–Crippen LogP) is 3.50. The Kier molecular flexibility index (Phi) is 3.40. The van der Waals surface area contributed by atoms with E-state index in [4.69, 9.17) is 5.26 Å². The van der Waals surface area contributed by atoms with Crippen molar-refractivity contribution in [2.24, 2.45) is 0 Å². The fraction of sp³-hybridized carbons (Fsp3) is 0.231. The Balaban J connectivity index is 2.08. The maximum atomic E-state index is 8.71. The van der Waals surface area contributed by atoms with Gasteiger partial charge in [0.1, 0.15) is 5.01 Å². The number of nitriles is 1. The molecule has 0 aliphatic heterocycles. The van der Waals surface area contributed by atoms with E-state index in [9.17, 15) is 0 Å². The van der Waals surface area contributed by atoms with Crippen molar-refractivity contribution in [1.29, 1.82) is 5.26 Å². The van der Waals surface area contributed by atoms with Crippen molar-refractivity contribution < 1.29 is 0 Å². The van der Waals surface area contributed by atoms with Crippen LogP contribution in [0.25, 0.3) is 0 Å². The number of nitrogens with one attached hydrogen (secondary N) is 1. The van der Waals surface area contributed by atoms with Gasteiger partial charge in [-0.2, -0.15) is 5.26 Å². The van der Waals surface area contributed by atoms with E-state index < -0.39 is 0 Å². The molecule has 1 aromatic carbocycles. The van der Waals surface area contributed by atoms with E-state index in [0.29, 0.717) is 5.56 Å². The minimum absolute atomic E-state index is 0.182. The maximum absolute atomic E-state index is 8.71. The summed E-state index contributed by atoms with van der Waals surface area (Å²) >= 11 is 1.66. The Morgan fingerprint density at radius 1 is 1.35 bits per heavy atom. The second kappa shape index (κ2) is 4.98. The van der Waals surface area contributed by atoms with Gasteiger partial charge in [0.15, 0.2) is 0 Å². The number of anilines is 1. The molecule has 2 aromatic rings. The molecule has 0 saturated carbocycles. The number of benzene rings is 1. The van der Waals surface area contributed by atoms with Crippen molar-refractivity contribution in [3.8, 4) is 6.07 Å². The van der Waals surface area contributed by atoms with Gasteiger partial charge >= 0.3 is 0 Å². The quantitative estimate of drug-likeness (QED) is 0.897. The summed E-state index contributed by atoms with van der Waals surface area (Å²) in [5, 5.41) is 15.2. The van der Waals surface area contributed by atoms with Crippen LogP contribution in [0, 0.1) is 18.3 Å². The van der Waals surface area contributed by atoms with E-state index in [1.54, 1.807) is 11.3 Å². The van der Waals surface area contributed by atoms with Crippen LogP contribution in [0.2, 0.25) is 0 Å². The lowest BCUT2D eigenvalue weighted by molar-refractivity contribution is 0.864. The zero-order valence-electron chi connectivity index (χ0n) is 9.77. The molecule has 1 atom stereocenters. The van der Waals surface area contributed by atoms with Gasteiger partial charge in [-0.25, -0.2) is 4.98 Å². The number of thiazole rings is 1. The largest absolute Gasteiger partial charge is 0.376 e. The summed E-state index contributed by atoms with van der Waals surface area (Å²) in [5.41, 5.74) is 2.73. The molecular formula is C13H13N3S. The first-order valence-electron chi connectivity index (χ1n) is 5.38. The van der Waals surface area contributed by atoms with E-state index >= 15 is 0 Å². The number of aromatic nitrogens is 1. The molecule has 1 aromatic heterocycles. The molecule has 17 heavy (non-hydrogen) atoms. The summed E-state index contributed by atoms with van der Waals surface area (Å²) in [5.74, 6) is 0. The minimum atomic E-state index is 0.182. The first kappa shape index (κ1) is 11.6. The normalized spacial score (nSPS) is 11.8. The highest BCUT2D eigenvalue weighted by atomic mass is 32.1. The second-order valence-corrected chi connectivity index (χ2v) is 4.77. The van der Waals surface area contributed by atoms with Crippen molar-refractivity contribution in [1.82, 2.24) is 4.98 Å². The molecule has 0 fully saturated rings. The summed E-state index contributed by atoms with van der Waals surface area (Å²) in [6, 6.07) is 9.73. The van der Waals surface area contributed by atoms with E-state index in [0.717, 1.165) is 16.4 Å². The molecule has 1 N–H and O–H groups in total. The van der Waals surface area contributed by atoms with Crippen LogP contribution in [-0.2, 0) is 0 Å². The first-order valence-corrected chi connectivity index (χ1v) is 6.26. The Labute approximate surface area is 105 Å². The third kappa shape index (κ3) is 2.83.